The Morgan fingerprint density at radius 1 is 1.40 bits per heavy atom. The largest absolute Gasteiger partial charge is 0.309 e. The quantitative estimate of drug-likeness (QED) is 0.802. The molecule has 1 N–H and O–H groups in total. The molecule has 1 heterocycles. The van der Waals surface area contributed by atoms with Gasteiger partial charge in [0.05, 0.1) is 5.01 Å². The van der Waals surface area contributed by atoms with Gasteiger partial charge >= 0.3 is 0 Å². The van der Waals surface area contributed by atoms with E-state index in [4.69, 9.17) is 0 Å². The van der Waals surface area contributed by atoms with Crippen molar-refractivity contribution in [3.63, 3.8) is 0 Å². The van der Waals surface area contributed by atoms with E-state index in [0.29, 0.717) is 6.04 Å². The van der Waals surface area contributed by atoms with E-state index >= 15 is 0 Å². The molecule has 0 saturated carbocycles. The molecule has 0 aliphatic heterocycles. The highest BCUT2D eigenvalue weighted by Gasteiger charge is 2.10. The molecule has 1 atom stereocenters. The molecular formula is C12H22N2S. The third-order valence-corrected chi connectivity index (χ3v) is 4.03. The standard InChI is InChI=1S/C12H22N2S/c1-5-11(6-2)7-13-9(3)12-8-14-10(4)15-12/h8-9,11,13H,5-7H2,1-4H3. The zero-order valence-electron chi connectivity index (χ0n) is 10.2. The van der Waals surface area contributed by atoms with Gasteiger partial charge in [0.2, 0.25) is 0 Å². The summed E-state index contributed by atoms with van der Waals surface area (Å²) in [7, 11) is 0. The van der Waals surface area contributed by atoms with E-state index in [1.807, 2.05) is 6.20 Å². The highest BCUT2D eigenvalue weighted by molar-refractivity contribution is 7.11. The Kier molecular flexibility index (Phi) is 5.26. The van der Waals surface area contributed by atoms with Crippen LogP contribution in [-0.4, -0.2) is 11.5 Å². The minimum atomic E-state index is 0.441. The first-order valence-corrected chi connectivity index (χ1v) is 6.64. The van der Waals surface area contributed by atoms with E-state index in [1.54, 1.807) is 11.3 Å². The van der Waals surface area contributed by atoms with Crippen LogP contribution >= 0.6 is 11.3 Å². The van der Waals surface area contributed by atoms with Gasteiger partial charge in [-0.1, -0.05) is 26.7 Å². The van der Waals surface area contributed by atoms with E-state index in [1.165, 1.54) is 17.7 Å². The van der Waals surface area contributed by atoms with Crippen molar-refractivity contribution in [2.45, 2.75) is 46.6 Å². The fourth-order valence-corrected chi connectivity index (χ4v) is 2.41. The maximum absolute atomic E-state index is 4.28. The fourth-order valence-electron chi connectivity index (χ4n) is 1.60. The molecule has 0 saturated heterocycles. The second kappa shape index (κ2) is 6.23. The summed E-state index contributed by atoms with van der Waals surface area (Å²) in [5, 5.41) is 4.74. The van der Waals surface area contributed by atoms with Crippen LogP contribution in [0.15, 0.2) is 6.20 Å². The average molecular weight is 226 g/mol. The van der Waals surface area contributed by atoms with Crippen LogP contribution in [-0.2, 0) is 0 Å². The van der Waals surface area contributed by atoms with Gasteiger partial charge in [-0.2, -0.15) is 0 Å². The molecule has 3 heteroatoms. The zero-order valence-corrected chi connectivity index (χ0v) is 11.0. The summed E-state index contributed by atoms with van der Waals surface area (Å²) in [6, 6.07) is 0.441. The lowest BCUT2D eigenvalue weighted by Gasteiger charge is -2.17. The highest BCUT2D eigenvalue weighted by Crippen LogP contribution is 2.20. The molecule has 1 unspecified atom stereocenters. The van der Waals surface area contributed by atoms with E-state index in [2.05, 4.69) is 38.0 Å². The zero-order chi connectivity index (χ0) is 11.3. The molecular weight excluding hydrogens is 204 g/mol. The maximum atomic E-state index is 4.28. The van der Waals surface area contributed by atoms with E-state index in [-0.39, 0.29) is 0 Å². The molecule has 0 aliphatic rings. The smallest absolute Gasteiger partial charge is 0.0897 e. The Balaban J connectivity index is 2.39. The van der Waals surface area contributed by atoms with Gasteiger partial charge in [-0.3, -0.25) is 0 Å². The minimum Gasteiger partial charge on any atom is -0.309 e. The van der Waals surface area contributed by atoms with Crippen molar-refractivity contribution in [3.05, 3.63) is 16.1 Å². The lowest BCUT2D eigenvalue weighted by molar-refractivity contribution is 0.424. The number of hydrogen-bond donors (Lipinski definition) is 1. The molecule has 0 aliphatic carbocycles. The van der Waals surface area contributed by atoms with Crippen molar-refractivity contribution in [2.75, 3.05) is 6.54 Å². The lowest BCUT2D eigenvalue weighted by Crippen LogP contribution is -2.24. The minimum absolute atomic E-state index is 0.441. The van der Waals surface area contributed by atoms with Crippen molar-refractivity contribution >= 4 is 11.3 Å². The molecule has 2 nitrogen and oxygen atoms in total. The van der Waals surface area contributed by atoms with Crippen molar-refractivity contribution in [1.82, 2.24) is 10.3 Å². The van der Waals surface area contributed by atoms with Crippen LogP contribution in [0.5, 0.6) is 0 Å². The third kappa shape index (κ3) is 3.92. The summed E-state index contributed by atoms with van der Waals surface area (Å²) in [4.78, 5) is 5.63. The normalized spacial score (nSPS) is 13.4. The van der Waals surface area contributed by atoms with Gasteiger partial charge in [-0.05, 0) is 26.3 Å². The van der Waals surface area contributed by atoms with Crippen molar-refractivity contribution < 1.29 is 0 Å². The summed E-state index contributed by atoms with van der Waals surface area (Å²) in [5.41, 5.74) is 0. The Bertz CT molecular complexity index is 279. The number of nitrogens with one attached hydrogen (secondary N) is 1. The number of rotatable bonds is 6. The SMILES string of the molecule is CCC(CC)CNC(C)c1cnc(C)s1. The second-order valence-electron chi connectivity index (χ2n) is 4.09. The molecule has 0 amide bonds. The topological polar surface area (TPSA) is 24.9 Å². The summed E-state index contributed by atoms with van der Waals surface area (Å²) >= 11 is 1.79. The average Bonchev–Trinajstić information content (AvgIpc) is 2.66. The Morgan fingerprint density at radius 3 is 2.53 bits per heavy atom. The van der Waals surface area contributed by atoms with Gasteiger partial charge in [0, 0.05) is 17.1 Å². The molecule has 86 valence electrons. The summed E-state index contributed by atoms with van der Waals surface area (Å²) in [5.74, 6) is 0.807. The van der Waals surface area contributed by atoms with E-state index in [9.17, 15) is 0 Å². The number of hydrogen-bond acceptors (Lipinski definition) is 3. The van der Waals surface area contributed by atoms with Gasteiger partial charge in [0.25, 0.3) is 0 Å². The van der Waals surface area contributed by atoms with Gasteiger partial charge in [-0.25, -0.2) is 4.98 Å². The molecule has 0 aromatic carbocycles. The summed E-state index contributed by atoms with van der Waals surface area (Å²) < 4.78 is 0. The number of aryl methyl sites for hydroxylation is 1. The monoisotopic (exact) mass is 226 g/mol. The predicted octanol–water partition coefficient (Wildman–Crippen LogP) is 3.54. The Labute approximate surface area is 97.1 Å². The number of aromatic nitrogens is 1. The fraction of sp³-hybridized carbons (Fsp3) is 0.750. The summed E-state index contributed by atoms with van der Waals surface area (Å²) in [6.07, 6.45) is 4.51. The molecule has 1 aromatic rings. The maximum Gasteiger partial charge on any atom is 0.0897 e. The van der Waals surface area contributed by atoms with Gasteiger partial charge in [0.1, 0.15) is 0 Å². The molecule has 0 radical (unpaired) electrons. The van der Waals surface area contributed by atoms with Crippen LogP contribution in [0.1, 0.15) is 49.5 Å². The van der Waals surface area contributed by atoms with Crippen LogP contribution in [0.2, 0.25) is 0 Å². The number of nitrogens with zero attached hydrogens (tertiary/aromatic N) is 1. The molecule has 1 aromatic heterocycles. The van der Waals surface area contributed by atoms with Crippen LogP contribution in [0, 0.1) is 12.8 Å². The van der Waals surface area contributed by atoms with Gasteiger partial charge in [0.15, 0.2) is 0 Å². The first-order valence-electron chi connectivity index (χ1n) is 5.83. The second-order valence-corrected chi connectivity index (χ2v) is 5.36. The van der Waals surface area contributed by atoms with Crippen LogP contribution < -0.4 is 5.32 Å². The summed E-state index contributed by atoms with van der Waals surface area (Å²) in [6.45, 7) is 9.91. The van der Waals surface area contributed by atoms with Crippen molar-refractivity contribution in [1.29, 1.82) is 0 Å². The molecule has 15 heavy (non-hydrogen) atoms. The molecule has 0 bridgehead atoms. The lowest BCUT2D eigenvalue weighted by atomic mass is 10.0. The van der Waals surface area contributed by atoms with E-state index < -0.39 is 0 Å². The highest BCUT2D eigenvalue weighted by atomic mass is 32.1. The molecule has 0 fully saturated rings. The third-order valence-electron chi connectivity index (χ3n) is 2.93. The van der Waals surface area contributed by atoms with Crippen LogP contribution in [0.25, 0.3) is 0 Å². The van der Waals surface area contributed by atoms with Crippen LogP contribution in [0.3, 0.4) is 0 Å². The Hall–Kier alpha value is -0.410. The van der Waals surface area contributed by atoms with Gasteiger partial charge in [-0.15, -0.1) is 11.3 Å². The number of thiazole rings is 1. The molecule has 0 spiro atoms. The van der Waals surface area contributed by atoms with Crippen LogP contribution in [0.4, 0.5) is 0 Å². The van der Waals surface area contributed by atoms with Crippen molar-refractivity contribution in [3.8, 4) is 0 Å². The predicted molar refractivity (Wildman–Crippen MR) is 67.3 cm³/mol. The van der Waals surface area contributed by atoms with Gasteiger partial charge < -0.3 is 5.32 Å². The first kappa shape index (κ1) is 12.7. The van der Waals surface area contributed by atoms with Crippen molar-refractivity contribution in [2.24, 2.45) is 5.92 Å². The first-order chi connectivity index (χ1) is 7.17. The Morgan fingerprint density at radius 2 is 2.07 bits per heavy atom. The molecule has 1 rings (SSSR count). The van der Waals surface area contributed by atoms with E-state index in [0.717, 1.165) is 17.5 Å².